The van der Waals surface area contributed by atoms with Crippen LogP contribution in [0.4, 0.5) is 0 Å². The summed E-state index contributed by atoms with van der Waals surface area (Å²) in [6.07, 6.45) is 1.09. The Morgan fingerprint density at radius 3 is 2.33 bits per heavy atom. The monoisotopic (exact) mass is 216 g/mol. The van der Waals surface area contributed by atoms with Crippen LogP contribution < -0.4 is 5.32 Å². The second kappa shape index (κ2) is 5.70. The number of rotatable bonds is 6. The molecule has 0 fully saturated rings. The van der Waals surface area contributed by atoms with E-state index in [0.29, 0.717) is 19.4 Å². The highest BCUT2D eigenvalue weighted by Gasteiger charge is 2.31. The van der Waals surface area contributed by atoms with Crippen molar-refractivity contribution >= 4 is 11.9 Å². The Kier molecular flexibility index (Phi) is 5.28. The number of aliphatic carboxylic acids is 1. The normalized spacial score (nSPS) is 11.5. The van der Waals surface area contributed by atoms with E-state index in [4.69, 9.17) is 5.11 Å². The maximum Gasteiger partial charge on any atom is 0.323 e. The van der Waals surface area contributed by atoms with Crippen molar-refractivity contribution in [2.75, 3.05) is 20.6 Å². The van der Waals surface area contributed by atoms with Gasteiger partial charge in [0.05, 0.1) is 0 Å². The third-order valence-electron chi connectivity index (χ3n) is 2.65. The molecule has 0 atom stereocenters. The summed E-state index contributed by atoms with van der Waals surface area (Å²) in [7, 11) is 3.34. The molecule has 0 aromatic carbocycles. The smallest absolute Gasteiger partial charge is 0.323 e. The van der Waals surface area contributed by atoms with E-state index in [1.54, 1.807) is 32.8 Å². The molecule has 2 N–H and O–H groups in total. The highest BCUT2D eigenvalue weighted by atomic mass is 16.4. The minimum absolute atomic E-state index is 0.0171. The third kappa shape index (κ3) is 4.29. The fourth-order valence-corrected chi connectivity index (χ4v) is 1.04. The van der Waals surface area contributed by atoms with Gasteiger partial charge in [-0.1, -0.05) is 0 Å². The summed E-state index contributed by atoms with van der Waals surface area (Å²) in [6, 6.07) is 0. The molecule has 88 valence electrons. The average molecular weight is 216 g/mol. The second-order valence-electron chi connectivity index (χ2n) is 4.06. The lowest BCUT2D eigenvalue weighted by Crippen LogP contribution is -2.48. The fraction of sp³-hybridized carbons (Fsp3) is 0.800. The molecule has 0 saturated carbocycles. The van der Waals surface area contributed by atoms with Gasteiger partial charge in [-0.05, 0) is 33.9 Å². The summed E-state index contributed by atoms with van der Waals surface area (Å²) in [4.78, 5) is 23.6. The quantitative estimate of drug-likeness (QED) is 0.670. The van der Waals surface area contributed by atoms with Crippen LogP contribution in [0.2, 0.25) is 0 Å². The van der Waals surface area contributed by atoms with Gasteiger partial charge in [0.15, 0.2) is 0 Å². The molecular formula is C10H20N2O3. The van der Waals surface area contributed by atoms with E-state index in [1.807, 2.05) is 0 Å². The predicted molar refractivity (Wildman–Crippen MR) is 57.6 cm³/mol. The largest absolute Gasteiger partial charge is 0.480 e. The van der Waals surface area contributed by atoms with Gasteiger partial charge in [-0.25, -0.2) is 0 Å². The summed E-state index contributed by atoms with van der Waals surface area (Å²) in [6.45, 7) is 3.89. The summed E-state index contributed by atoms with van der Waals surface area (Å²) in [5.74, 6) is -0.874. The second-order valence-corrected chi connectivity index (χ2v) is 4.06. The Bertz CT molecular complexity index is 239. The molecular weight excluding hydrogens is 196 g/mol. The fourth-order valence-electron chi connectivity index (χ4n) is 1.04. The minimum Gasteiger partial charge on any atom is -0.480 e. The topological polar surface area (TPSA) is 69.6 Å². The van der Waals surface area contributed by atoms with Gasteiger partial charge in [-0.2, -0.15) is 0 Å². The van der Waals surface area contributed by atoms with Gasteiger partial charge < -0.3 is 10.4 Å². The molecule has 0 saturated heterocycles. The van der Waals surface area contributed by atoms with Crippen molar-refractivity contribution in [1.29, 1.82) is 0 Å². The molecule has 1 amide bonds. The molecule has 0 aromatic rings. The van der Waals surface area contributed by atoms with Crippen molar-refractivity contribution in [2.24, 2.45) is 0 Å². The average Bonchev–Trinajstić information content (AvgIpc) is 2.16. The molecule has 0 unspecified atom stereocenters. The molecule has 0 aliphatic heterocycles. The van der Waals surface area contributed by atoms with E-state index in [-0.39, 0.29) is 5.91 Å². The summed E-state index contributed by atoms with van der Waals surface area (Å²) in [5, 5.41) is 11.5. The van der Waals surface area contributed by atoms with Gasteiger partial charge in [0.2, 0.25) is 5.91 Å². The molecule has 0 aliphatic rings. The molecule has 0 heterocycles. The van der Waals surface area contributed by atoms with Crippen molar-refractivity contribution < 1.29 is 14.7 Å². The van der Waals surface area contributed by atoms with Gasteiger partial charge >= 0.3 is 5.97 Å². The van der Waals surface area contributed by atoms with Crippen LogP contribution in [0.25, 0.3) is 0 Å². The zero-order valence-corrected chi connectivity index (χ0v) is 9.83. The lowest BCUT2D eigenvalue weighted by molar-refractivity contribution is -0.148. The first-order valence-corrected chi connectivity index (χ1v) is 4.97. The van der Waals surface area contributed by atoms with Crippen molar-refractivity contribution in [3.05, 3.63) is 0 Å². The van der Waals surface area contributed by atoms with Crippen LogP contribution in [0.15, 0.2) is 0 Å². The summed E-state index contributed by atoms with van der Waals surface area (Å²) >= 11 is 0. The maximum atomic E-state index is 10.9. The van der Waals surface area contributed by atoms with Crippen molar-refractivity contribution in [3.63, 3.8) is 0 Å². The molecule has 0 bridgehead atoms. The SMILES string of the molecule is CNC(=O)CCCN(C)C(C)(C)C(=O)O. The molecule has 5 nitrogen and oxygen atoms in total. The van der Waals surface area contributed by atoms with Crippen molar-refractivity contribution in [1.82, 2.24) is 10.2 Å². The van der Waals surface area contributed by atoms with E-state index in [2.05, 4.69) is 5.32 Å². The molecule has 5 heteroatoms. The molecule has 0 spiro atoms. The van der Waals surface area contributed by atoms with Crippen molar-refractivity contribution in [2.45, 2.75) is 32.2 Å². The minimum atomic E-state index is -0.886. The Labute approximate surface area is 90.5 Å². The number of amides is 1. The van der Waals surface area contributed by atoms with E-state index in [1.165, 1.54) is 0 Å². The van der Waals surface area contributed by atoms with Gasteiger partial charge in [-0.15, -0.1) is 0 Å². The Balaban J connectivity index is 3.99. The predicted octanol–water partition coefficient (Wildman–Crippen LogP) is 0.308. The number of carbonyl (C=O) groups is 2. The Hall–Kier alpha value is -1.10. The number of nitrogens with zero attached hydrogens (tertiary/aromatic N) is 1. The van der Waals surface area contributed by atoms with E-state index >= 15 is 0 Å². The zero-order chi connectivity index (χ0) is 12.1. The number of hydrogen-bond acceptors (Lipinski definition) is 3. The van der Waals surface area contributed by atoms with Gasteiger partial charge in [0.25, 0.3) is 0 Å². The molecule has 0 aliphatic carbocycles. The van der Waals surface area contributed by atoms with E-state index in [0.717, 1.165) is 0 Å². The Morgan fingerprint density at radius 2 is 1.93 bits per heavy atom. The van der Waals surface area contributed by atoms with Crippen LogP contribution in [0.3, 0.4) is 0 Å². The van der Waals surface area contributed by atoms with Gasteiger partial charge in [-0.3, -0.25) is 14.5 Å². The number of carboxylic acid groups (broad SMARTS) is 1. The first-order chi connectivity index (χ1) is 6.82. The Morgan fingerprint density at radius 1 is 1.40 bits per heavy atom. The summed E-state index contributed by atoms with van der Waals surface area (Å²) < 4.78 is 0. The summed E-state index contributed by atoms with van der Waals surface area (Å²) in [5.41, 5.74) is -0.886. The number of hydrogen-bond donors (Lipinski definition) is 2. The molecule has 0 radical (unpaired) electrons. The van der Waals surface area contributed by atoms with Gasteiger partial charge in [0, 0.05) is 13.5 Å². The molecule has 15 heavy (non-hydrogen) atoms. The highest BCUT2D eigenvalue weighted by Crippen LogP contribution is 2.12. The molecule has 0 rings (SSSR count). The first kappa shape index (κ1) is 13.9. The first-order valence-electron chi connectivity index (χ1n) is 4.97. The lowest BCUT2D eigenvalue weighted by Gasteiger charge is -2.31. The number of nitrogens with one attached hydrogen (secondary N) is 1. The van der Waals surface area contributed by atoms with E-state index in [9.17, 15) is 9.59 Å². The number of likely N-dealkylation sites (N-methyl/N-ethyl adjacent to an activating group) is 1. The standard InChI is InChI=1S/C10H20N2O3/c1-10(2,9(14)15)12(4)7-5-6-8(13)11-3/h5-7H2,1-4H3,(H,11,13)(H,14,15). The zero-order valence-electron chi connectivity index (χ0n) is 9.83. The van der Waals surface area contributed by atoms with Crippen LogP contribution in [-0.2, 0) is 9.59 Å². The van der Waals surface area contributed by atoms with Crippen molar-refractivity contribution in [3.8, 4) is 0 Å². The van der Waals surface area contributed by atoms with Crippen LogP contribution in [0.1, 0.15) is 26.7 Å². The highest BCUT2D eigenvalue weighted by molar-refractivity contribution is 5.77. The number of carbonyl (C=O) groups excluding carboxylic acids is 1. The van der Waals surface area contributed by atoms with Crippen LogP contribution in [0.5, 0.6) is 0 Å². The van der Waals surface area contributed by atoms with Crippen LogP contribution in [0, 0.1) is 0 Å². The third-order valence-corrected chi connectivity index (χ3v) is 2.65. The van der Waals surface area contributed by atoms with Gasteiger partial charge in [0.1, 0.15) is 5.54 Å². The van der Waals surface area contributed by atoms with Crippen LogP contribution in [-0.4, -0.2) is 48.1 Å². The lowest BCUT2D eigenvalue weighted by atomic mass is 10.0. The maximum absolute atomic E-state index is 10.9. The van der Waals surface area contributed by atoms with E-state index < -0.39 is 11.5 Å². The number of carboxylic acids is 1. The van der Waals surface area contributed by atoms with Crippen LogP contribution >= 0.6 is 0 Å². The molecule has 0 aromatic heterocycles.